The van der Waals surface area contributed by atoms with Gasteiger partial charge in [-0.1, -0.05) is 51.9 Å². The molecule has 0 aromatic heterocycles. The molecule has 23 heavy (non-hydrogen) atoms. The Morgan fingerprint density at radius 1 is 0.826 bits per heavy atom. The zero-order valence-electron chi connectivity index (χ0n) is 15.1. The number of carbonyl (C=O) groups is 2. The highest BCUT2D eigenvalue weighted by atomic mass is 16.4. The van der Waals surface area contributed by atoms with Gasteiger partial charge in [-0.2, -0.15) is 0 Å². The SMILES string of the molecule is CCCCCC[C@@H](O)CC[C@H](CCCCCCC(=O)O)C(C)=O. The van der Waals surface area contributed by atoms with Crippen molar-refractivity contribution in [2.45, 2.75) is 103 Å². The van der Waals surface area contributed by atoms with Gasteiger partial charge in [0.2, 0.25) is 0 Å². The second-order valence-corrected chi connectivity index (χ2v) is 6.73. The molecule has 0 spiro atoms. The van der Waals surface area contributed by atoms with Crippen molar-refractivity contribution in [3.05, 3.63) is 0 Å². The molecule has 0 aromatic carbocycles. The van der Waals surface area contributed by atoms with Crippen molar-refractivity contribution in [3.63, 3.8) is 0 Å². The fourth-order valence-electron chi connectivity index (χ4n) is 2.92. The minimum Gasteiger partial charge on any atom is -0.481 e. The third-order valence-corrected chi connectivity index (χ3v) is 4.51. The van der Waals surface area contributed by atoms with Crippen molar-refractivity contribution in [1.29, 1.82) is 0 Å². The van der Waals surface area contributed by atoms with Crippen LogP contribution in [-0.4, -0.2) is 28.1 Å². The van der Waals surface area contributed by atoms with Crippen LogP contribution >= 0.6 is 0 Å². The number of aliphatic hydroxyl groups excluding tert-OH is 1. The summed E-state index contributed by atoms with van der Waals surface area (Å²) in [5.74, 6) is -0.465. The molecule has 136 valence electrons. The van der Waals surface area contributed by atoms with Crippen molar-refractivity contribution in [3.8, 4) is 0 Å². The van der Waals surface area contributed by atoms with Gasteiger partial charge in [0.15, 0.2) is 0 Å². The summed E-state index contributed by atoms with van der Waals surface area (Å²) in [5.41, 5.74) is 0. The molecule has 0 aliphatic carbocycles. The van der Waals surface area contributed by atoms with Crippen LogP contribution in [0.3, 0.4) is 0 Å². The van der Waals surface area contributed by atoms with Crippen LogP contribution in [0.2, 0.25) is 0 Å². The number of aliphatic hydroxyl groups is 1. The van der Waals surface area contributed by atoms with Crippen LogP contribution in [0.15, 0.2) is 0 Å². The number of hydrogen-bond donors (Lipinski definition) is 2. The highest BCUT2D eigenvalue weighted by Crippen LogP contribution is 2.20. The molecular weight excluding hydrogens is 292 g/mol. The van der Waals surface area contributed by atoms with Gasteiger partial charge >= 0.3 is 5.97 Å². The number of unbranched alkanes of at least 4 members (excludes halogenated alkanes) is 6. The molecule has 0 aromatic rings. The molecule has 0 amide bonds. The number of ketones is 1. The first kappa shape index (κ1) is 22.1. The van der Waals surface area contributed by atoms with Crippen LogP contribution in [0.1, 0.15) is 97.3 Å². The average molecular weight is 328 g/mol. The first-order valence-corrected chi connectivity index (χ1v) is 9.37. The molecule has 0 radical (unpaired) electrons. The lowest BCUT2D eigenvalue weighted by atomic mass is 9.90. The summed E-state index contributed by atoms with van der Waals surface area (Å²) in [6, 6.07) is 0. The largest absolute Gasteiger partial charge is 0.481 e. The van der Waals surface area contributed by atoms with Crippen molar-refractivity contribution in [2.75, 3.05) is 0 Å². The average Bonchev–Trinajstić information content (AvgIpc) is 2.49. The summed E-state index contributed by atoms with van der Waals surface area (Å²) in [4.78, 5) is 22.1. The molecule has 0 aliphatic heterocycles. The van der Waals surface area contributed by atoms with Crippen LogP contribution in [0.4, 0.5) is 0 Å². The third kappa shape index (κ3) is 14.4. The van der Waals surface area contributed by atoms with Crippen LogP contribution < -0.4 is 0 Å². The Balaban J connectivity index is 3.76. The quantitative estimate of drug-likeness (QED) is 0.402. The maximum atomic E-state index is 11.7. The summed E-state index contributed by atoms with van der Waals surface area (Å²) in [6.45, 7) is 3.82. The molecule has 0 rings (SSSR count). The Morgan fingerprint density at radius 3 is 2.04 bits per heavy atom. The molecule has 0 aliphatic rings. The topological polar surface area (TPSA) is 74.6 Å². The maximum absolute atomic E-state index is 11.7. The number of hydrogen-bond acceptors (Lipinski definition) is 3. The molecule has 0 fully saturated rings. The Kier molecular flexibility index (Phi) is 14.1. The third-order valence-electron chi connectivity index (χ3n) is 4.51. The van der Waals surface area contributed by atoms with Crippen molar-refractivity contribution in [2.24, 2.45) is 5.92 Å². The summed E-state index contributed by atoms with van der Waals surface area (Å²) in [5, 5.41) is 18.6. The number of carboxylic acids is 1. The number of Topliss-reactive ketones (excluding diaryl/α,β-unsaturated/α-hetero) is 1. The van der Waals surface area contributed by atoms with E-state index in [9.17, 15) is 14.7 Å². The van der Waals surface area contributed by atoms with E-state index in [0.717, 1.165) is 57.8 Å². The van der Waals surface area contributed by atoms with E-state index in [1.807, 2.05) is 0 Å². The van der Waals surface area contributed by atoms with Gasteiger partial charge in [0.25, 0.3) is 0 Å². The van der Waals surface area contributed by atoms with Crippen LogP contribution in [0.5, 0.6) is 0 Å². The van der Waals surface area contributed by atoms with Crippen LogP contribution in [0.25, 0.3) is 0 Å². The summed E-state index contributed by atoms with van der Waals surface area (Å²) in [6.07, 6.45) is 11.4. The van der Waals surface area contributed by atoms with Gasteiger partial charge in [-0.05, 0) is 39.0 Å². The fourth-order valence-corrected chi connectivity index (χ4v) is 2.92. The summed E-state index contributed by atoms with van der Waals surface area (Å²) in [7, 11) is 0. The first-order chi connectivity index (χ1) is 11.0. The molecule has 2 N–H and O–H groups in total. The summed E-state index contributed by atoms with van der Waals surface area (Å²) >= 11 is 0. The lowest BCUT2D eigenvalue weighted by Crippen LogP contribution is -2.15. The second kappa shape index (κ2) is 14.7. The molecular formula is C19H36O4. The van der Waals surface area contributed by atoms with Crippen molar-refractivity contribution in [1.82, 2.24) is 0 Å². The van der Waals surface area contributed by atoms with E-state index in [0.29, 0.717) is 0 Å². The van der Waals surface area contributed by atoms with Gasteiger partial charge < -0.3 is 10.2 Å². The Bertz CT molecular complexity index is 314. The lowest BCUT2D eigenvalue weighted by molar-refractivity contribution is -0.137. The monoisotopic (exact) mass is 328 g/mol. The van der Waals surface area contributed by atoms with Gasteiger partial charge in [-0.3, -0.25) is 9.59 Å². The van der Waals surface area contributed by atoms with E-state index in [2.05, 4.69) is 6.92 Å². The zero-order valence-corrected chi connectivity index (χ0v) is 15.1. The molecule has 4 nitrogen and oxygen atoms in total. The molecule has 0 unspecified atom stereocenters. The smallest absolute Gasteiger partial charge is 0.303 e. The van der Waals surface area contributed by atoms with Gasteiger partial charge in [-0.25, -0.2) is 0 Å². The van der Waals surface area contributed by atoms with E-state index in [1.165, 1.54) is 19.3 Å². The molecule has 0 saturated heterocycles. The van der Waals surface area contributed by atoms with Crippen LogP contribution in [0, 0.1) is 5.92 Å². The molecule has 0 bridgehead atoms. The van der Waals surface area contributed by atoms with E-state index < -0.39 is 5.97 Å². The maximum Gasteiger partial charge on any atom is 0.303 e. The van der Waals surface area contributed by atoms with Gasteiger partial charge in [-0.15, -0.1) is 0 Å². The highest BCUT2D eigenvalue weighted by Gasteiger charge is 2.16. The summed E-state index contributed by atoms with van der Waals surface area (Å²) < 4.78 is 0. The predicted octanol–water partition coefficient (Wildman–Crippen LogP) is 4.73. The fraction of sp³-hybridized carbons (Fsp3) is 0.895. The second-order valence-electron chi connectivity index (χ2n) is 6.73. The van der Waals surface area contributed by atoms with Gasteiger partial charge in [0, 0.05) is 12.3 Å². The molecule has 2 atom stereocenters. The van der Waals surface area contributed by atoms with Crippen LogP contribution in [-0.2, 0) is 9.59 Å². The predicted molar refractivity (Wildman–Crippen MR) is 93.5 cm³/mol. The number of carbonyl (C=O) groups excluding carboxylic acids is 1. The van der Waals surface area contributed by atoms with Gasteiger partial charge in [0.1, 0.15) is 5.78 Å². The minimum absolute atomic E-state index is 0.0553. The van der Waals surface area contributed by atoms with Crippen molar-refractivity contribution < 1.29 is 19.8 Å². The van der Waals surface area contributed by atoms with E-state index in [4.69, 9.17) is 5.11 Å². The van der Waals surface area contributed by atoms with E-state index in [1.54, 1.807) is 6.92 Å². The normalized spacial score (nSPS) is 13.7. The van der Waals surface area contributed by atoms with E-state index in [-0.39, 0.29) is 24.2 Å². The van der Waals surface area contributed by atoms with E-state index >= 15 is 0 Å². The number of rotatable bonds is 16. The minimum atomic E-state index is -0.737. The number of aliphatic carboxylic acids is 1. The molecule has 0 saturated carbocycles. The Hall–Kier alpha value is -0.900. The molecule has 4 heteroatoms. The zero-order chi connectivity index (χ0) is 17.5. The molecule has 0 heterocycles. The highest BCUT2D eigenvalue weighted by molar-refractivity contribution is 5.78. The standard InChI is InChI=1S/C19H36O4/c1-3-4-5-9-12-18(21)15-14-17(16(2)20)11-8-6-7-10-13-19(22)23/h17-18,21H,3-15H2,1-2H3,(H,22,23)/t17-,18+/m0/s1. The first-order valence-electron chi connectivity index (χ1n) is 9.37. The lowest BCUT2D eigenvalue weighted by Gasteiger charge is -2.16. The van der Waals surface area contributed by atoms with Crippen molar-refractivity contribution >= 4 is 11.8 Å². The Labute approximate surface area is 141 Å². The van der Waals surface area contributed by atoms with Gasteiger partial charge in [0.05, 0.1) is 6.10 Å². The Morgan fingerprint density at radius 2 is 1.43 bits per heavy atom. The number of carboxylic acid groups (broad SMARTS) is 1.